The molecular formula is C38H51N3O5. The second-order valence-corrected chi connectivity index (χ2v) is 12.8. The van der Waals surface area contributed by atoms with Gasteiger partial charge in [0.15, 0.2) is 0 Å². The Labute approximate surface area is 274 Å². The van der Waals surface area contributed by atoms with Crippen LogP contribution in [0.25, 0.3) is 0 Å². The van der Waals surface area contributed by atoms with Crippen LogP contribution in [-0.2, 0) is 20.7 Å². The van der Waals surface area contributed by atoms with E-state index < -0.39 is 23.8 Å². The van der Waals surface area contributed by atoms with E-state index >= 15 is 0 Å². The summed E-state index contributed by atoms with van der Waals surface area (Å²) in [5.41, 5.74) is 3.52. The number of carbonyl (C=O) groups excluding carboxylic acids is 3. The van der Waals surface area contributed by atoms with Crippen molar-refractivity contribution in [1.82, 2.24) is 10.2 Å². The van der Waals surface area contributed by atoms with Gasteiger partial charge in [-0.05, 0) is 87.6 Å². The fourth-order valence-electron chi connectivity index (χ4n) is 5.24. The fourth-order valence-corrected chi connectivity index (χ4v) is 5.24. The summed E-state index contributed by atoms with van der Waals surface area (Å²) in [4.78, 5) is 43.7. The standard InChI is InChI=1S/C38H51N3O5/c1-8-9-10-11-15-24-41(36(43)33(26-29-16-13-12-14-17-29)40-37(44)46-38(4,5)6)34(30-19-18-27(2)28(3)25-30)35(42)39-31-20-22-32(45-7)23-21-31/h12-14,16-23,25,33-34H,8-11,15,24,26H2,1-7H3,(H,39,42)(H,40,44). The molecule has 3 aromatic carbocycles. The summed E-state index contributed by atoms with van der Waals surface area (Å²) in [7, 11) is 1.59. The molecule has 3 rings (SSSR count). The van der Waals surface area contributed by atoms with Gasteiger partial charge in [-0.25, -0.2) is 4.79 Å². The second kappa shape index (κ2) is 17.4. The molecule has 0 aromatic heterocycles. The molecule has 0 heterocycles. The van der Waals surface area contributed by atoms with Gasteiger partial charge in [0.25, 0.3) is 5.91 Å². The lowest BCUT2D eigenvalue weighted by Gasteiger charge is -2.35. The number of nitrogens with zero attached hydrogens (tertiary/aromatic N) is 1. The van der Waals surface area contributed by atoms with Gasteiger partial charge >= 0.3 is 6.09 Å². The molecule has 3 aromatic rings. The van der Waals surface area contributed by atoms with Crippen molar-refractivity contribution in [3.63, 3.8) is 0 Å². The minimum atomic E-state index is -0.962. The molecule has 0 bridgehead atoms. The molecule has 0 saturated carbocycles. The summed E-state index contributed by atoms with van der Waals surface area (Å²) < 4.78 is 10.9. The van der Waals surface area contributed by atoms with Crippen molar-refractivity contribution in [3.8, 4) is 5.75 Å². The number of anilines is 1. The van der Waals surface area contributed by atoms with Crippen molar-refractivity contribution in [1.29, 1.82) is 0 Å². The smallest absolute Gasteiger partial charge is 0.408 e. The number of methoxy groups -OCH3 is 1. The molecule has 46 heavy (non-hydrogen) atoms. The normalized spacial score (nSPS) is 12.5. The highest BCUT2D eigenvalue weighted by Crippen LogP contribution is 2.28. The first-order valence-corrected chi connectivity index (χ1v) is 16.3. The zero-order valence-electron chi connectivity index (χ0n) is 28.5. The van der Waals surface area contributed by atoms with Crippen LogP contribution in [0.4, 0.5) is 10.5 Å². The van der Waals surface area contributed by atoms with Gasteiger partial charge in [-0.2, -0.15) is 0 Å². The van der Waals surface area contributed by atoms with Gasteiger partial charge in [0.05, 0.1) is 7.11 Å². The molecule has 2 N–H and O–H groups in total. The highest BCUT2D eigenvalue weighted by molar-refractivity contribution is 5.99. The zero-order valence-corrected chi connectivity index (χ0v) is 28.5. The van der Waals surface area contributed by atoms with E-state index in [0.717, 1.165) is 42.4 Å². The molecule has 0 spiro atoms. The van der Waals surface area contributed by atoms with Crippen LogP contribution >= 0.6 is 0 Å². The molecule has 0 radical (unpaired) electrons. The average Bonchev–Trinajstić information content (AvgIpc) is 3.01. The molecule has 0 aliphatic heterocycles. The van der Waals surface area contributed by atoms with Gasteiger partial charge < -0.3 is 25.0 Å². The van der Waals surface area contributed by atoms with Crippen LogP contribution in [0, 0.1) is 13.8 Å². The summed E-state index contributed by atoms with van der Waals surface area (Å²) in [5, 5.41) is 5.88. The first-order valence-electron chi connectivity index (χ1n) is 16.3. The zero-order chi connectivity index (χ0) is 33.7. The number of aryl methyl sites for hydroxylation is 2. The van der Waals surface area contributed by atoms with E-state index in [-0.39, 0.29) is 18.2 Å². The molecule has 0 aliphatic rings. The minimum Gasteiger partial charge on any atom is -0.497 e. The third-order valence-corrected chi connectivity index (χ3v) is 7.82. The van der Waals surface area contributed by atoms with E-state index in [0.29, 0.717) is 30.0 Å². The molecule has 3 amide bonds. The minimum absolute atomic E-state index is 0.241. The van der Waals surface area contributed by atoms with Crippen LogP contribution in [0.3, 0.4) is 0 Å². The summed E-state index contributed by atoms with van der Waals surface area (Å²) in [6, 6.07) is 20.6. The molecular weight excluding hydrogens is 578 g/mol. The van der Waals surface area contributed by atoms with Gasteiger partial charge in [0.1, 0.15) is 23.4 Å². The molecule has 0 aliphatic carbocycles. The number of alkyl carbamates (subject to hydrolysis) is 1. The Bertz CT molecular complexity index is 1420. The number of benzene rings is 3. The Balaban J connectivity index is 2.07. The predicted octanol–water partition coefficient (Wildman–Crippen LogP) is 7.93. The number of ether oxygens (including phenoxy) is 2. The first-order chi connectivity index (χ1) is 21.9. The highest BCUT2D eigenvalue weighted by atomic mass is 16.6. The molecule has 0 saturated heterocycles. The summed E-state index contributed by atoms with van der Waals surface area (Å²) in [6.45, 7) is 11.9. The van der Waals surface area contributed by atoms with Gasteiger partial charge in [0, 0.05) is 18.7 Å². The number of nitrogens with one attached hydrogen (secondary N) is 2. The van der Waals surface area contributed by atoms with Gasteiger partial charge in [-0.3, -0.25) is 9.59 Å². The maximum Gasteiger partial charge on any atom is 0.408 e. The van der Waals surface area contributed by atoms with E-state index in [4.69, 9.17) is 9.47 Å². The van der Waals surface area contributed by atoms with Gasteiger partial charge in [0.2, 0.25) is 5.91 Å². The Morgan fingerprint density at radius 3 is 2.13 bits per heavy atom. The van der Waals surface area contributed by atoms with Crippen LogP contribution in [0.1, 0.15) is 88.1 Å². The average molecular weight is 630 g/mol. The van der Waals surface area contributed by atoms with Crippen LogP contribution in [-0.4, -0.2) is 48.1 Å². The monoisotopic (exact) mass is 629 g/mol. The lowest BCUT2D eigenvalue weighted by molar-refractivity contribution is -0.140. The van der Waals surface area contributed by atoms with Crippen molar-refractivity contribution < 1.29 is 23.9 Å². The predicted molar refractivity (Wildman–Crippen MR) is 184 cm³/mol. The van der Waals surface area contributed by atoms with Gasteiger partial charge in [-0.1, -0.05) is 81.1 Å². The number of hydrogen-bond donors (Lipinski definition) is 2. The van der Waals surface area contributed by atoms with Crippen LogP contribution < -0.4 is 15.4 Å². The summed E-state index contributed by atoms with van der Waals surface area (Å²) in [6.07, 6.45) is 4.42. The molecule has 2 atom stereocenters. The Morgan fingerprint density at radius 1 is 0.848 bits per heavy atom. The van der Waals surface area contributed by atoms with E-state index in [1.165, 1.54) is 0 Å². The molecule has 8 nitrogen and oxygen atoms in total. The first kappa shape index (κ1) is 36.1. The number of carbonyl (C=O) groups is 3. The van der Waals surface area contributed by atoms with Crippen LogP contribution in [0.2, 0.25) is 0 Å². The van der Waals surface area contributed by atoms with Crippen molar-refractivity contribution in [2.75, 3.05) is 19.0 Å². The van der Waals surface area contributed by atoms with E-state index in [1.807, 2.05) is 62.4 Å². The maximum atomic E-state index is 14.7. The van der Waals surface area contributed by atoms with Crippen LogP contribution in [0.15, 0.2) is 72.8 Å². The number of unbranched alkanes of at least 4 members (excludes halogenated alkanes) is 4. The van der Waals surface area contributed by atoms with Crippen molar-refractivity contribution in [2.24, 2.45) is 0 Å². The summed E-state index contributed by atoms with van der Waals surface area (Å²) >= 11 is 0. The molecule has 0 fully saturated rings. The lowest BCUT2D eigenvalue weighted by Crippen LogP contribution is -2.53. The third kappa shape index (κ3) is 11.2. The number of amides is 3. The van der Waals surface area contributed by atoms with Crippen molar-refractivity contribution in [2.45, 2.75) is 97.8 Å². The summed E-state index contributed by atoms with van der Waals surface area (Å²) in [5.74, 6) is -0.0195. The molecule has 8 heteroatoms. The van der Waals surface area contributed by atoms with Crippen molar-refractivity contribution in [3.05, 3.63) is 95.1 Å². The van der Waals surface area contributed by atoms with Crippen molar-refractivity contribution >= 4 is 23.6 Å². The fraction of sp³-hybridized carbons (Fsp3) is 0.447. The Morgan fingerprint density at radius 2 is 1.52 bits per heavy atom. The Hall–Kier alpha value is -4.33. The largest absolute Gasteiger partial charge is 0.497 e. The highest BCUT2D eigenvalue weighted by Gasteiger charge is 2.36. The van der Waals surface area contributed by atoms with E-state index in [9.17, 15) is 14.4 Å². The number of rotatable bonds is 15. The maximum absolute atomic E-state index is 14.7. The molecule has 2 unspecified atom stereocenters. The van der Waals surface area contributed by atoms with Crippen LogP contribution in [0.5, 0.6) is 5.75 Å². The third-order valence-electron chi connectivity index (χ3n) is 7.82. The SMILES string of the molecule is CCCCCCCN(C(=O)C(Cc1ccccc1)NC(=O)OC(C)(C)C)C(C(=O)Nc1ccc(OC)cc1)c1ccc(C)c(C)c1. The quantitative estimate of drug-likeness (QED) is 0.167. The lowest BCUT2D eigenvalue weighted by atomic mass is 9.97. The number of hydrogen-bond acceptors (Lipinski definition) is 5. The second-order valence-electron chi connectivity index (χ2n) is 12.8. The topological polar surface area (TPSA) is 97.0 Å². The Kier molecular flexibility index (Phi) is 13.7. The van der Waals surface area contributed by atoms with E-state index in [2.05, 4.69) is 17.6 Å². The van der Waals surface area contributed by atoms with E-state index in [1.54, 1.807) is 57.0 Å². The molecule has 248 valence electrons. The van der Waals surface area contributed by atoms with Gasteiger partial charge in [-0.15, -0.1) is 0 Å².